The van der Waals surface area contributed by atoms with Gasteiger partial charge in [-0.15, -0.1) is 0 Å². The van der Waals surface area contributed by atoms with Crippen LogP contribution >= 0.6 is 11.6 Å². The molecular weight excluding hydrogens is 622 g/mol. The Hall–Kier alpha value is -4.18. The van der Waals surface area contributed by atoms with Gasteiger partial charge in [-0.3, -0.25) is 9.59 Å². The van der Waals surface area contributed by atoms with E-state index in [9.17, 15) is 18.0 Å². The molecule has 10 heteroatoms. The Bertz CT molecular complexity index is 1710. The summed E-state index contributed by atoms with van der Waals surface area (Å²) in [5.74, 6) is 0.177. The summed E-state index contributed by atoms with van der Waals surface area (Å²) in [5, 5.41) is 3.62. The van der Waals surface area contributed by atoms with Crippen molar-refractivity contribution in [1.29, 1.82) is 0 Å². The number of aryl methyl sites for hydroxylation is 1. The van der Waals surface area contributed by atoms with Gasteiger partial charge in [-0.1, -0.05) is 78.3 Å². The van der Waals surface area contributed by atoms with E-state index in [1.165, 1.54) is 4.31 Å². The molecule has 1 atom stereocenters. The third-order valence-corrected chi connectivity index (χ3v) is 10.3. The average molecular weight is 660 g/mol. The average Bonchev–Trinajstić information content (AvgIpc) is 3.64. The Morgan fingerprint density at radius 3 is 2.09 bits per heavy atom. The predicted octanol–water partition coefficient (Wildman–Crippen LogP) is 6.15. The number of carbonyl (C=O) groups excluding carboxylic acids is 2. The van der Waals surface area contributed by atoms with Crippen LogP contribution in [0.4, 0.5) is 0 Å². The van der Waals surface area contributed by atoms with E-state index in [1.54, 1.807) is 48.4 Å². The van der Waals surface area contributed by atoms with Crippen molar-refractivity contribution in [2.45, 2.75) is 49.7 Å². The molecule has 1 N–H and O–H groups in total. The molecular formula is C36H38ClN3O5S. The number of halogens is 1. The van der Waals surface area contributed by atoms with E-state index >= 15 is 0 Å². The maximum atomic E-state index is 14.1. The minimum Gasteiger partial charge on any atom is -0.497 e. The fourth-order valence-electron chi connectivity index (χ4n) is 5.55. The van der Waals surface area contributed by atoms with E-state index in [2.05, 4.69) is 5.32 Å². The Morgan fingerprint density at radius 1 is 0.848 bits per heavy atom. The maximum Gasteiger partial charge on any atom is 0.247 e. The molecule has 0 spiro atoms. The molecule has 0 aromatic heterocycles. The smallest absolute Gasteiger partial charge is 0.247 e. The van der Waals surface area contributed by atoms with Crippen LogP contribution in [0, 0.1) is 0 Å². The minimum absolute atomic E-state index is 0.127. The summed E-state index contributed by atoms with van der Waals surface area (Å²) >= 11 is 6.04. The van der Waals surface area contributed by atoms with Crippen molar-refractivity contribution in [2.24, 2.45) is 0 Å². The third kappa shape index (κ3) is 8.34. The maximum absolute atomic E-state index is 14.1. The molecule has 0 radical (unpaired) electrons. The number of methoxy groups -OCH3 is 1. The van der Waals surface area contributed by atoms with Crippen molar-refractivity contribution in [3.63, 3.8) is 0 Å². The topological polar surface area (TPSA) is 96.0 Å². The van der Waals surface area contributed by atoms with Crippen LogP contribution in [0.2, 0.25) is 5.02 Å². The Balaban J connectivity index is 1.38. The zero-order valence-corrected chi connectivity index (χ0v) is 27.3. The highest BCUT2D eigenvalue weighted by molar-refractivity contribution is 7.89. The van der Waals surface area contributed by atoms with Crippen molar-refractivity contribution >= 4 is 33.4 Å². The molecule has 1 fully saturated rings. The summed E-state index contributed by atoms with van der Waals surface area (Å²) < 4.78 is 32.8. The van der Waals surface area contributed by atoms with Gasteiger partial charge in [-0.05, 0) is 77.9 Å². The van der Waals surface area contributed by atoms with Gasteiger partial charge in [-0.2, -0.15) is 4.31 Å². The molecule has 1 heterocycles. The van der Waals surface area contributed by atoms with Gasteiger partial charge in [0.15, 0.2) is 0 Å². The zero-order valence-electron chi connectivity index (χ0n) is 25.8. The van der Waals surface area contributed by atoms with E-state index in [4.69, 9.17) is 16.3 Å². The van der Waals surface area contributed by atoms with Crippen LogP contribution in [-0.2, 0) is 39.1 Å². The molecule has 4 aromatic carbocycles. The van der Waals surface area contributed by atoms with E-state index in [0.29, 0.717) is 35.8 Å². The number of amides is 2. The van der Waals surface area contributed by atoms with Gasteiger partial charge in [0, 0.05) is 37.6 Å². The number of nitrogens with zero attached hydrogens (tertiary/aromatic N) is 2. The van der Waals surface area contributed by atoms with Gasteiger partial charge in [0.1, 0.15) is 11.8 Å². The van der Waals surface area contributed by atoms with Crippen LogP contribution in [0.3, 0.4) is 0 Å². The fraction of sp³-hybridized carbons (Fsp3) is 0.278. The highest BCUT2D eigenvalue weighted by atomic mass is 35.5. The molecule has 2 amide bonds. The monoisotopic (exact) mass is 659 g/mol. The summed E-state index contributed by atoms with van der Waals surface area (Å²) in [6.07, 6.45) is 2.25. The normalized spacial score (nSPS) is 14.0. The molecule has 1 unspecified atom stereocenters. The summed E-state index contributed by atoms with van der Waals surface area (Å²) in [5.41, 5.74) is 3.25. The zero-order chi connectivity index (χ0) is 32.5. The van der Waals surface area contributed by atoms with Gasteiger partial charge in [0.25, 0.3) is 0 Å². The first-order chi connectivity index (χ1) is 22.2. The van der Waals surface area contributed by atoms with Crippen molar-refractivity contribution in [3.8, 4) is 5.75 Å². The van der Waals surface area contributed by atoms with Crippen molar-refractivity contribution in [1.82, 2.24) is 14.5 Å². The number of rotatable bonds is 13. The van der Waals surface area contributed by atoms with Gasteiger partial charge in [0.2, 0.25) is 21.8 Å². The highest BCUT2D eigenvalue weighted by Crippen LogP contribution is 2.27. The van der Waals surface area contributed by atoms with Gasteiger partial charge < -0.3 is 15.0 Å². The second-order valence-corrected chi connectivity index (χ2v) is 13.7. The molecule has 5 rings (SSSR count). The lowest BCUT2D eigenvalue weighted by Crippen LogP contribution is -2.43. The largest absolute Gasteiger partial charge is 0.497 e. The fourth-order valence-corrected chi connectivity index (χ4v) is 7.19. The second-order valence-electron chi connectivity index (χ2n) is 11.3. The van der Waals surface area contributed by atoms with Gasteiger partial charge >= 0.3 is 0 Å². The van der Waals surface area contributed by atoms with Crippen LogP contribution in [0.5, 0.6) is 5.75 Å². The Morgan fingerprint density at radius 2 is 1.46 bits per heavy atom. The molecule has 46 heavy (non-hydrogen) atoms. The van der Waals surface area contributed by atoms with Crippen LogP contribution in [0.15, 0.2) is 108 Å². The quantitative estimate of drug-likeness (QED) is 0.186. The number of benzene rings is 4. The van der Waals surface area contributed by atoms with Gasteiger partial charge in [-0.25, -0.2) is 8.42 Å². The first-order valence-electron chi connectivity index (χ1n) is 15.3. The van der Waals surface area contributed by atoms with Crippen molar-refractivity contribution in [2.75, 3.05) is 20.2 Å². The first kappa shape index (κ1) is 33.2. The molecule has 0 aliphatic carbocycles. The lowest BCUT2D eigenvalue weighted by molar-refractivity contribution is -0.141. The summed E-state index contributed by atoms with van der Waals surface area (Å²) in [6, 6.07) is 29.8. The van der Waals surface area contributed by atoms with E-state index in [1.807, 2.05) is 66.7 Å². The minimum atomic E-state index is -3.52. The molecule has 240 valence electrons. The van der Waals surface area contributed by atoms with Crippen LogP contribution in [0.1, 0.15) is 47.6 Å². The summed E-state index contributed by atoms with van der Waals surface area (Å²) in [7, 11) is -1.93. The highest BCUT2D eigenvalue weighted by Gasteiger charge is 2.32. The Kier molecular flexibility index (Phi) is 11.1. The SMILES string of the molecule is COc1ccc(CN(C(=O)CCc2ccc(S(=O)(=O)N3CCCC3)cc2)C(C(=O)NCc2ccc(Cl)cc2)c2ccccc2)cc1. The van der Waals surface area contributed by atoms with E-state index < -0.39 is 16.1 Å². The van der Waals surface area contributed by atoms with Crippen molar-refractivity contribution < 1.29 is 22.7 Å². The molecule has 0 bridgehead atoms. The summed E-state index contributed by atoms with van der Waals surface area (Å²) in [4.78, 5) is 29.9. The number of hydrogen-bond donors (Lipinski definition) is 1. The number of hydrogen-bond acceptors (Lipinski definition) is 5. The van der Waals surface area contributed by atoms with E-state index in [0.717, 1.165) is 29.5 Å². The number of nitrogens with one attached hydrogen (secondary N) is 1. The molecule has 4 aromatic rings. The standard InChI is InChI=1S/C36H38ClN3O5S/c1-45-32-18-11-29(12-19-32)26-40(34(41)22-15-27-13-20-33(21-14-27)46(43,44)39-23-5-6-24-39)35(30-7-3-2-4-8-30)36(42)38-25-28-9-16-31(37)17-10-28/h2-4,7-14,16-21,35H,5-6,15,22-26H2,1H3,(H,38,42). The second kappa shape index (κ2) is 15.4. The molecule has 1 saturated heterocycles. The number of ether oxygens (including phenoxy) is 1. The lowest BCUT2D eigenvalue weighted by Gasteiger charge is -2.32. The molecule has 1 aliphatic rings. The Labute approximate surface area is 276 Å². The number of carbonyl (C=O) groups is 2. The third-order valence-electron chi connectivity index (χ3n) is 8.14. The van der Waals surface area contributed by atoms with Crippen LogP contribution < -0.4 is 10.1 Å². The predicted molar refractivity (Wildman–Crippen MR) is 179 cm³/mol. The molecule has 0 saturated carbocycles. The van der Waals surface area contributed by atoms with Crippen LogP contribution in [-0.4, -0.2) is 49.6 Å². The molecule has 1 aliphatic heterocycles. The van der Waals surface area contributed by atoms with E-state index in [-0.39, 0.29) is 36.2 Å². The lowest BCUT2D eigenvalue weighted by atomic mass is 10.0. The first-order valence-corrected chi connectivity index (χ1v) is 17.1. The molecule has 8 nitrogen and oxygen atoms in total. The summed E-state index contributed by atoms with van der Waals surface area (Å²) in [6.45, 7) is 1.55. The van der Waals surface area contributed by atoms with Gasteiger partial charge in [0.05, 0.1) is 12.0 Å². The number of sulfonamides is 1. The van der Waals surface area contributed by atoms with Crippen molar-refractivity contribution in [3.05, 3.63) is 130 Å². The van der Waals surface area contributed by atoms with Crippen LogP contribution in [0.25, 0.3) is 0 Å².